The number of nitrogens with zero attached hydrogens (tertiary/aromatic N) is 1. The Hall–Kier alpha value is -2.36. The number of nitrogens with two attached hydrogens (primary N) is 1. The number of nitrogens with one attached hydrogen (secondary N) is 1. The summed E-state index contributed by atoms with van der Waals surface area (Å²) in [6.45, 7) is 2.19. The van der Waals surface area contributed by atoms with Crippen molar-refractivity contribution in [3.05, 3.63) is 65.5 Å². The molecule has 0 amide bonds. The van der Waals surface area contributed by atoms with Gasteiger partial charge in [-0.05, 0) is 24.6 Å². The summed E-state index contributed by atoms with van der Waals surface area (Å²) >= 11 is 0. The van der Waals surface area contributed by atoms with Gasteiger partial charge in [-0.2, -0.15) is 0 Å². The van der Waals surface area contributed by atoms with Crippen molar-refractivity contribution in [2.24, 2.45) is 10.7 Å². The van der Waals surface area contributed by atoms with Crippen LogP contribution in [0.4, 0.5) is 10.1 Å². The molecule has 0 aromatic heterocycles. The Morgan fingerprint density at radius 1 is 1.16 bits per heavy atom. The van der Waals surface area contributed by atoms with Crippen LogP contribution in [0.5, 0.6) is 0 Å². The van der Waals surface area contributed by atoms with Crippen LogP contribution in [0.1, 0.15) is 11.1 Å². The Labute approximate surface area is 112 Å². The molecule has 0 bridgehead atoms. The number of aliphatic imine (C=N–C) groups is 1. The molecule has 2 aromatic rings. The number of halogens is 1. The number of guanidine groups is 1. The first-order valence-electron chi connectivity index (χ1n) is 6.03. The van der Waals surface area contributed by atoms with Crippen molar-refractivity contribution < 1.29 is 4.39 Å². The minimum absolute atomic E-state index is 0.263. The predicted octanol–water partition coefficient (Wildman–Crippen LogP) is 3.06. The highest BCUT2D eigenvalue weighted by atomic mass is 19.1. The Kier molecular flexibility index (Phi) is 4.13. The topological polar surface area (TPSA) is 50.4 Å². The van der Waals surface area contributed by atoms with E-state index in [9.17, 15) is 4.39 Å². The second kappa shape index (κ2) is 6.00. The average molecular weight is 257 g/mol. The van der Waals surface area contributed by atoms with Gasteiger partial charge in [-0.15, -0.1) is 0 Å². The third kappa shape index (κ3) is 3.55. The lowest BCUT2D eigenvalue weighted by Crippen LogP contribution is -2.23. The highest BCUT2D eigenvalue weighted by Crippen LogP contribution is 2.16. The number of rotatable bonds is 3. The highest BCUT2D eigenvalue weighted by Gasteiger charge is 2.03. The van der Waals surface area contributed by atoms with Crippen LogP contribution in [-0.4, -0.2) is 5.96 Å². The fraction of sp³-hybridized carbons (Fsp3) is 0.133. The first-order chi connectivity index (χ1) is 9.16. The average Bonchev–Trinajstić information content (AvgIpc) is 2.43. The molecule has 4 heteroatoms. The number of anilines is 1. The van der Waals surface area contributed by atoms with E-state index >= 15 is 0 Å². The van der Waals surface area contributed by atoms with Gasteiger partial charge in [-0.3, -0.25) is 0 Å². The molecule has 2 aromatic carbocycles. The van der Waals surface area contributed by atoms with Crippen LogP contribution in [0.2, 0.25) is 0 Å². The molecule has 0 fully saturated rings. The van der Waals surface area contributed by atoms with E-state index in [2.05, 4.69) is 10.3 Å². The van der Waals surface area contributed by atoms with E-state index in [0.29, 0.717) is 17.8 Å². The molecule has 0 heterocycles. The van der Waals surface area contributed by atoms with Crippen molar-refractivity contribution in [3.63, 3.8) is 0 Å². The van der Waals surface area contributed by atoms with E-state index in [4.69, 9.17) is 5.73 Å². The van der Waals surface area contributed by atoms with Gasteiger partial charge in [0.15, 0.2) is 5.96 Å². The van der Waals surface area contributed by atoms with Crippen molar-refractivity contribution in [2.45, 2.75) is 13.5 Å². The zero-order valence-electron chi connectivity index (χ0n) is 10.7. The molecule has 0 saturated heterocycles. The monoisotopic (exact) mass is 257 g/mol. The lowest BCUT2D eigenvalue weighted by molar-refractivity contribution is 0.619. The molecule has 0 saturated carbocycles. The molecule has 0 spiro atoms. The van der Waals surface area contributed by atoms with Crippen molar-refractivity contribution >= 4 is 11.6 Å². The van der Waals surface area contributed by atoms with E-state index in [1.54, 1.807) is 19.1 Å². The number of hydrogen-bond acceptors (Lipinski definition) is 1. The molecule has 0 aliphatic heterocycles. The lowest BCUT2D eigenvalue weighted by Gasteiger charge is -2.09. The maximum absolute atomic E-state index is 13.4. The molecular weight excluding hydrogens is 241 g/mol. The van der Waals surface area contributed by atoms with E-state index in [-0.39, 0.29) is 11.8 Å². The van der Waals surface area contributed by atoms with E-state index in [1.807, 2.05) is 30.3 Å². The van der Waals surface area contributed by atoms with Crippen LogP contribution in [0.25, 0.3) is 0 Å². The smallest absolute Gasteiger partial charge is 0.193 e. The summed E-state index contributed by atoms with van der Waals surface area (Å²) in [5.41, 5.74) is 8.02. The van der Waals surface area contributed by atoms with Crippen LogP contribution in [-0.2, 0) is 6.54 Å². The largest absolute Gasteiger partial charge is 0.370 e. The summed E-state index contributed by atoms with van der Waals surface area (Å²) in [6, 6.07) is 14.6. The Balaban J connectivity index is 2.04. The first-order valence-corrected chi connectivity index (χ1v) is 6.03. The molecule has 0 atom stereocenters. The van der Waals surface area contributed by atoms with E-state index in [1.165, 1.54) is 6.07 Å². The summed E-state index contributed by atoms with van der Waals surface area (Å²) in [5, 5.41) is 2.91. The molecule has 0 radical (unpaired) electrons. The molecule has 0 unspecified atom stereocenters. The summed E-state index contributed by atoms with van der Waals surface area (Å²) in [4.78, 5) is 4.22. The van der Waals surface area contributed by atoms with Gasteiger partial charge in [0.1, 0.15) is 5.82 Å². The molecule has 2 rings (SSSR count). The van der Waals surface area contributed by atoms with Gasteiger partial charge in [-0.1, -0.05) is 36.4 Å². The van der Waals surface area contributed by atoms with Gasteiger partial charge >= 0.3 is 0 Å². The Morgan fingerprint density at radius 3 is 2.63 bits per heavy atom. The quantitative estimate of drug-likeness (QED) is 0.656. The maximum Gasteiger partial charge on any atom is 0.193 e. The predicted molar refractivity (Wildman–Crippen MR) is 76.5 cm³/mol. The molecule has 98 valence electrons. The van der Waals surface area contributed by atoms with E-state index < -0.39 is 0 Å². The molecule has 19 heavy (non-hydrogen) atoms. The van der Waals surface area contributed by atoms with Crippen LogP contribution in [0.3, 0.4) is 0 Å². The van der Waals surface area contributed by atoms with Crippen LogP contribution >= 0.6 is 0 Å². The maximum atomic E-state index is 13.4. The third-order valence-electron chi connectivity index (χ3n) is 2.81. The van der Waals surface area contributed by atoms with E-state index in [0.717, 1.165) is 5.56 Å². The minimum Gasteiger partial charge on any atom is -0.370 e. The van der Waals surface area contributed by atoms with Crippen LogP contribution in [0, 0.1) is 12.7 Å². The number of hydrogen-bond donors (Lipinski definition) is 2. The third-order valence-corrected chi connectivity index (χ3v) is 2.81. The van der Waals surface area contributed by atoms with Crippen molar-refractivity contribution in [1.82, 2.24) is 0 Å². The summed E-state index contributed by atoms with van der Waals surface area (Å²) < 4.78 is 13.4. The SMILES string of the molecule is Cc1c(F)cccc1NC(N)=NCc1ccccc1. The second-order valence-electron chi connectivity index (χ2n) is 4.22. The first kappa shape index (κ1) is 13.1. The van der Waals surface area contributed by atoms with Gasteiger partial charge in [-0.25, -0.2) is 9.38 Å². The summed E-state index contributed by atoms with van der Waals surface area (Å²) in [6.07, 6.45) is 0. The van der Waals surface area contributed by atoms with Gasteiger partial charge in [0, 0.05) is 11.3 Å². The fourth-order valence-corrected chi connectivity index (χ4v) is 1.68. The molecule has 3 nitrogen and oxygen atoms in total. The van der Waals surface area contributed by atoms with Crippen molar-refractivity contribution in [2.75, 3.05) is 5.32 Å². The minimum atomic E-state index is -0.263. The summed E-state index contributed by atoms with van der Waals surface area (Å²) in [7, 11) is 0. The standard InChI is InChI=1S/C15H16FN3/c1-11-13(16)8-5-9-14(11)19-15(17)18-10-12-6-3-2-4-7-12/h2-9H,10H2,1H3,(H3,17,18,19). The Morgan fingerprint density at radius 2 is 1.89 bits per heavy atom. The zero-order valence-corrected chi connectivity index (χ0v) is 10.7. The van der Waals surface area contributed by atoms with Crippen LogP contribution < -0.4 is 11.1 Å². The Bertz CT molecular complexity index is 579. The van der Waals surface area contributed by atoms with Crippen molar-refractivity contribution in [1.29, 1.82) is 0 Å². The van der Waals surface area contributed by atoms with Crippen LogP contribution in [0.15, 0.2) is 53.5 Å². The van der Waals surface area contributed by atoms with Gasteiger partial charge in [0.05, 0.1) is 6.54 Å². The van der Waals surface area contributed by atoms with Gasteiger partial charge < -0.3 is 11.1 Å². The lowest BCUT2D eigenvalue weighted by atomic mass is 10.2. The van der Waals surface area contributed by atoms with Gasteiger partial charge in [0.2, 0.25) is 0 Å². The molecular formula is C15H16FN3. The normalized spacial score (nSPS) is 11.4. The zero-order chi connectivity index (χ0) is 13.7. The second-order valence-corrected chi connectivity index (χ2v) is 4.22. The number of benzene rings is 2. The molecule has 3 N–H and O–H groups in total. The summed E-state index contributed by atoms with van der Waals surface area (Å²) in [5.74, 6) is 0.0124. The highest BCUT2D eigenvalue weighted by molar-refractivity contribution is 5.92. The fourth-order valence-electron chi connectivity index (χ4n) is 1.68. The van der Waals surface area contributed by atoms with Crippen molar-refractivity contribution in [3.8, 4) is 0 Å². The molecule has 0 aliphatic carbocycles. The van der Waals surface area contributed by atoms with Gasteiger partial charge in [0.25, 0.3) is 0 Å². The molecule has 0 aliphatic rings.